The van der Waals surface area contributed by atoms with Crippen LogP contribution in [0.1, 0.15) is 43.4 Å². The number of nitrogens with one attached hydrogen (secondary N) is 2. The number of benzene rings is 2. The molecule has 4 aromatic rings. The van der Waals surface area contributed by atoms with Gasteiger partial charge < -0.3 is 19.8 Å². The van der Waals surface area contributed by atoms with Gasteiger partial charge in [0.05, 0.1) is 0 Å². The van der Waals surface area contributed by atoms with E-state index in [0.717, 1.165) is 38.9 Å². The van der Waals surface area contributed by atoms with Crippen LogP contribution >= 0.6 is 0 Å². The van der Waals surface area contributed by atoms with Gasteiger partial charge >= 0.3 is 12.1 Å². The number of carbonyl (C=O) groups excluding carboxylic acids is 2. The first-order valence-electron chi connectivity index (χ1n) is 12.1. The largest absolute Gasteiger partial charge is 0.458 e. The van der Waals surface area contributed by atoms with E-state index in [-0.39, 0.29) is 18.9 Å². The normalized spacial score (nSPS) is 13.6. The van der Waals surface area contributed by atoms with Crippen LogP contribution in [0, 0.1) is 0 Å². The number of carbonyl (C=O) groups is 2. The molecule has 0 fully saturated rings. The summed E-state index contributed by atoms with van der Waals surface area (Å²) < 4.78 is 11.3. The van der Waals surface area contributed by atoms with Crippen LogP contribution in [-0.2, 0) is 20.7 Å². The van der Waals surface area contributed by atoms with E-state index in [0.29, 0.717) is 0 Å². The topological polar surface area (TPSA) is 93.3 Å². The number of pyridine rings is 1. The Morgan fingerprint density at radius 3 is 2.33 bits per heavy atom. The molecule has 2 aromatic heterocycles. The lowest BCUT2D eigenvalue weighted by Crippen LogP contribution is -2.45. The van der Waals surface area contributed by atoms with Gasteiger partial charge in [-0.25, -0.2) is 14.6 Å². The highest BCUT2D eigenvalue weighted by Crippen LogP contribution is 2.44. The first-order chi connectivity index (χ1) is 17.3. The van der Waals surface area contributed by atoms with E-state index in [4.69, 9.17) is 9.47 Å². The lowest BCUT2D eigenvalue weighted by Gasteiger charge is -2.24. The average molecular weight is 484 g/mol. The number of H-pyrrole nitrogens is 1. The van der Waals surface area contributed by atoms with Gasteiger partial charge in [0, 0.05) is 30.1 Å². The zero-order valence-corrected chi connectivity index (χ0v) is 20.6. The van der Waals surface area contributed by atoms with Gasteiger partial charge in [0.1, 0.15) is 23.9 Å². The van der Waals surface area contributed by atoms with E-state index in [2.05, 4.69) is 39.6 Å². The number of fused-ring (bicyclic) bond motifs is 4. The highest BCUT2D eigenvalue weighted by Gasteiger charge is 2.31. The molecule has 0 bridgehead atoms. The molecule has 7 nitrogen and oxygen atoms in total. The van der Waals surface area contributed by atoms with Crippen LogP contribution in [0.25, 0.3) is 22.2 Å². The molecule has 0 radical (unpaired) electrons. The van der Waals surface area contributed by atoms with Crippen molar-refractivity contribution in [2.45, 2.75) is 44.8 Å². The smallest absolute Gasteiger partial charge is 0.407 e. The molecule has 0 aliphatic heterocycles. The average Bonchev–Trinajstić information content (AvgIpc) is 3.40. The summed E-state index contributed by atoms with van der Waals surface area (Å²) in [7, 11) is 0. The fourth-order valence-electron chi connectivity index (χ4n) is 4.75. The van der Waals surface area contributed by atoms with Gasteiger partial charge in [-0.1, -0.05) is 48.5 Å². The predicted molar refractivity (Wildman–Crippen MR) is 138 cm³/mol. The lowest BCUT2D eigenvalue weighted by atomic mass is 9.98. The highest BCUT2D eigenvalue weighted by molar-refractivity contribution is 5.85. The van der Waals surface area contributed by atoms with E-state index in [1.54, 1.807) is 33.2 Å². The third-order valence-corrected chi connectivity index (χ3v) is 6.29. The minimum Gasteiger partial charge on any atom is -0.458 e. The molecule has 5 rings (SSSR count). The van der Waals surface area contributed by atoms with Crippen molar-refractivity contribution in [3.05, 3.63) is 89.7 Å². The van der Waals surface area contributed by atoms with Crippen molar-refractivity contribution in [2.24, 2.45) is 0 Å². The standard InChI is InChI=1S/C29H29N3O4/c1-29(2,3)36-27(33)25(15-18-16-31-26-19(18)13-8-14-30-26)32-28(34)35-17-24-22-11-6-4-9-20(22)21-10-5-7-12-23(21)24/h4-14,16,24-25H,15,17H2,1-3H3,(H,30,31)(H,32,34)/t25-/m1/s1. The first-order valence-corrected chi connectivity index (χ1v) is 12.1. The number of aromatic amines is 1. The number of alkyl carbamates (subject to hydrolysis) is 1. The molecule has 1 aliphatic rings. The van der Waals surface area contributed by atoms with Crippen molar-refractivity contribution in [3.63, 3.8) is 0 Å². The fourth-order valence-corrected chi connectivity index (χ4v) is 4.75. The van der Waals surface area contributed by atoms with Gasteiger partial charge in [0.15, 0.2) is 0 Å². The summed E-state index contributed by atoms with van der Waals surface area (Å²) in [5.41, 5.74) is 5.44. The zero-order valence-electron chi connectivity index (χ0n) is 20.6. The molecule has 1 amide bonds. The Bertz CT molecular complexity index is 1370. The monoisotopic (exact) mass is 483 g/mol. The van der Waals surface area contributed by atoms with Crippen LogP contribution in [0.5, 0.6) is 0 Å². The molecule has 0 spiro atoms. The summed E-state index contributed by atoms with van der Waals surface area (Å²) in [5.74, 6) is -0.586. The van der Waals surface area contributed by atoms with Crippen LogP contribution in [0.15, 0.2) is 73.1 Å². The molecule has 36 heavy (non-hydrogen) atoms. The Hall–Kier alpha value is -4.13. The number of ether oxygens (including phenoxy) is 2. The van der Waals surface area contributed by atoms with Gasteiger partial charge in [-0.15, -0.1) is 0 Å². The third kappa shape index (κ3) is 4.82. The van der Waals surface area contributed by atoms with Crippen molar-refractivity contribution in [2.75, 3.05) is 6.61 Å². The summed E-state index contributed by atoms with van der Waals surface area (Å²) in [6.45, 7) is 5.55. The number of amides is 1. The lowest BCUT2D eigenvalue weighted by molar-refractivity contribution is -0.157. The molecule has 0 unspecified atom stereocenters. The number of rotatable bonds is 6. The van der Waals surface area contributed by atoms with Crippen LogP contribution in [0.3, 0.4) is 0 Å². The molecule has 1 atom stereocenters. The molecular weight excluding hydrogens is 454 g/mol. The molecule has 7 heteroatoms. The number of esters is 1. The Labute approximate surface area is 209 Å². The van der Waals surface area contributed by atoms with E-state index < -0.39 is 23.7 Å². The van der Waals surface area contributed by atoms with Crippen LogP contribution in [0.2, 0.25) is 0 Å². The van der Waals surface area contributed by atoms with Crippen molar-refractivity contribution in [3.8, 4) is 11.1 Å². The van der Waals surface area contributed by atoms with Crippen LogP contribution in [0.4, 0.5) is 4.79 Å². The van der Waals surface area contributed by atoms with Gasteiger partial charge in [0.25, 0.3) is 0 Å². The van der Waals surface area contributed by atoms with Crippen LogP contribution < -0.4 is 5.32 Å². The highest BCUT2D eigenvalue weighted by atomic mass is 16.6. The zero-order chi connectivity index (χ0) is 25.3. The SMILES string of the molecule is CC(C)(C)OC(=O)[C@@H](Cc1c[nH]c2ncccc12)NC(=O)OCC1c2ccccc2-c2ccccc21. The molecule has 2 heterocycles. The minimum atomic E-state index is -0.918. The molecule has 184 valence electrons. The maximum absolute atomic E-state index is 13.0. The van der Waals surface area contributed by atoms with Crippen molar-refractivity contribution >= 4 is 23.1 Å². The van der Waals surface area contributed by atoms with Crippen LogP contribution in [-0.4, -0.2) is 40.3 Å². The van der Waals surface area contributed by atoms with E-state index in [1.165, 1.54) is 0 Å². The molecule has 1 aliphatic carbocycles. The molecule has 0 saturated heterocycles. The van der Waals surface area contributed by atoms with E-state index in [1.807, 2.05) is 36.4 Å². The first kappa shape index (κ1) is 23.6. The minimum absolute atomic E-state index is 0.0668. The maximum atomic E-state index is 13.0. The van der Waals surface area contributed by atoms with Gasteiger partial charge in [0.2, 0.25) is 0 Å². The summed E-state index contributed by atoms with van der Waals surface area (Å²) in [5, 5.41) is 3.63. The summed E-state index contributed by atoms with van der Waals surface area (Å²) in [4.78, 5) is 33.4. The summed E-state index contributed by atoms with van der Waals surface area (Å²) in [6.07, 6.45) is 3.08. The fraction of sp³-hybridized carbons (Fsp3) is 0.276. The van der Waals surface area contributed by atoms with E-state index in [9.17, 15) is 9.59 Å². The van der Waals surface area contributed by atoms with Crippen molar-refractivity contribution in [1.82, 2.24) is 15.3 Å². The number of aromatic nitrogens is 2. The quantitative estimate of drug-likeness (QED) is 0.361. The molecule has 2 aromatic carbocycles. The number of nitrogens with zero attached hydrogens (tertiary/aromatic N) is 1. The van der Waals surface area contributed by atoms with Crippen molar-refractivity contribution in [1.29, 1.82) is 0 Å². The molecular formula is C29H29N3O4. The number of hydrogen-bond acceptors (Lipinski definition) is 5. The second kappa shape index (κ2) is 9.49. The number of hydrogen-bond donors (Lipinski definition) is 2. The second-order valence-corrected chi connectivity index (χ2v) is 9.97. The Morgan fingerprint density at radius 2 is 1.67 bits per heavy atom. The molecule has 2 N–H and O–H groups in total. The van der Waals surface area contributed by atoms with Gasteiger partial charge in [-0.05, 0) is 60.7 Å². The van der Waals surface area contributed by atoms with E-state index >= 15 is 0 Å². The second-order valence-electron chi connectivity index (χ2n) is 9.97. The van der Waals surface area contributed by atoms with Crippen molar-refractivity contribution < 1.29 is 19.1 Å². The summed E-state index contributed by atoms with van der Waals surface area (Å²) in [6, 6.07) is 19.2. The summed E-state index contributed by atoms with van der Waals surface area (Å²) >= 11 is 0. The van der Waals surface area contributed by atoms with Gasteiger partial charge in [-0.2, -0.15) is 0 Å². The Balaban J connectivity index is 1.32. The predicted octanol–water partition coefficient (Wildman–Crippen LogP) is 5.35. The Morgan fingerprint density at radius 1 is 1.00 bits per heavy atom. The molecule has 0 saturated carbocycles. The third-order valence-electron chi connectivity index (χ3n) is 6.29. The van der Waals surface area contributed by atoms with Gasteiger partial charge in [-0.3, -0.25) is 0 Å². The maximum Gasteiger partial charge on any atom is 0.407 e. The Kier molecular flexibility index (Phi) is 6.22.